The van der Waals surface area contributed by atoms with Crippen molar-refractivity contribution in [2.45, 2.75) is 32.3 Å². The maximum atomic E-state index is 10.9. The highest BCUT2D eigenvalue weighted by Crippen LogP contribution is 2.39. The maximum Gasteiger partial charge on any atom is 0.279 e. The van der Waals surface area contributed by atoms with Gasteiger partial charge in [0, 0.05) is 6.07 Å². The Hall–Kier alpha value is -1.17. The van der Waals surface area contributed by atoms with Gasteiger partial charge < -0.3 is 9.47 Å². The molecule has 1 aromatic rings. The minimum absolute atomic E-state index is 0.0798. The molecule has 1 heterocycles. The highest BCUT2D eigenvalue weighted by molar-refractivity contribution is 6.31. The van der Waals surface area contributed by atoms with E-state index in [2.05, 4.69) is 0 Å². The monoisotopic (exact) mass is 257 g/mol. The molecule has 2 atom stereocenters. The van der Waals surface area contributed by atoms with Gasteiger partial charge in [0.2, 0.25) is 0 Å². The van der Waals surface area contributed by atoms with Crippen molar-refractivity contribution in [3.8, 4) is 0 Å². The van der Waals surface area contributed by atoms with Gasteiger partial charge in [0.1, 0.15) is 5.56 Å². The second-order valence-electron chi connectivity index (χ2n) is 3.94. The summed E-state index contributed by atoms with van der Waals surface area (Å²) in [6, 6.07) is 4.51. The molecule has 1 fully saturated rings. The average molecular weight is 258 g/mol. The van der Waals surface area contributed by atoms with Crippen LogP contribution in [0, 0.1) is 10.1 Å². The zero-order chi connectivity index (χ0) is 12.6. The maximum absolute atomic E-state index is 10.9. The van der Waals surface area contributed by atoms with Crippen LogP contribution < -0.4 is 0 Å². The summed E-state index contributed by atoms with van der Waals surface area (Å²) >= 11 is 5.98. The third kappa shape index (κ3) is 2.26. The van der Waals surface area contributed by atoms with Crippen molar-refractivity contribution in [2.75, 3.05) is 0 Å². The van der Waals surface area contributed by atoms with Gasteiger partial charge in [0.25, 0.3) is 5.69 Å². The lowest BCUT2D eigenvalue weighted by atomic mass is 10.1. The van der Waals surface area contributed by atoms with Gasteiger partial charge in [0.05, 0.1) is 22.2 Å². The molecule has 5 nitrogen and oxygen atoms in total. The molecule has 0 N–H and O–H groups in total. The first-order chi connectivity index (χ1) is 8.00. The molecule has 0 bridgehead atoms. The van der Waals surface area contributed by atoms with Crippen LogP contribution in [0.5, 0.6) is 0 Å². The van der Waals surface area contributed by atoms with E-state index in [1.54, 1.807) is 6.07 Å². The predicted molar refractivity (Wildman–Crippen MR) is 61.9 cm³/mol. The molecular formula is C11H12ClNO4. The third-order valence-corrected chi connectivity index (χ3v) is 3.13. The predicted octanol–water partition coefficient (Wildman–Crippen LogP) is 3.07. The van der Waals surface area contributed by atoms with Crippen molar-refractivity contribution in [3.05, 3.63) is 38.9 Å². The van der Waals surface area contributed by atoms with Crippen LogP contribution in [0.25, 0.3) is 0 Å². The molecule has 0 aliphatic carbocycles. The van der Waals surface area contributed by atoms with Gasteiger partial charge in [-0.15, -0.1) is 0 Å². The number of ether oxygens (including phenoxy) is 2. The standard InChI is InChI=1S/C11H12ClNO4/c1-6-7(2)17-11(16-6)10-8(12)4-3-5-9(10)13(14)15/h3-7,11H,1-2H3/t6-,7-/m1/s1. The molecule has 1 aromatic carbocycles. The highest BCUT2D eigenvalue weighted by Gasteiger charge is 2.36. The van der Waals surface area contributed by atoms with Gasteiger partial charge in [-0.2, -0.15) is 0 Å². The van der Waals surface area contributed by atoms with Gasteiger partial charge in [-0.05, 0) is 19.9 Å². The zero-order valence-electron chi connectivity index (χ0n) is 9.42. The Morgan fingerprint density at radius 1 is 1.29 bits per heavy atom. The van der Waals surface area contributed by atoms with E-state index in [1.165, 1.54) is 12.1 Å². The van der Waals surface area contributed by atoms with Crippen LogP contribution in [0.2, 0.25) is 5.02 Å². The summed E-state index contributed by atoms with van der Waals surface area (Å²) in [4.78, 5) is 10.4. The fourth-order valence-corrected chi connectivity index (χ4v) is 1.96. The van der Waals surface area contributed by atoms with Crippen molar-refractivity contribution in [1.82, 2.24) is 0 Å². The van der Waals surface area contributed by atoms with E-state index in [4.69, 9.17) is 21.1 Å². The van der Waals surface area contributed by atoms with E-state index in [-0.39, 0.29) is 28.5 Å². The Kier molecular flexibility index (Phi) is 3.33. The molecule has 0 saturated carbocycles. The quantitative estimate of drug-likeness (QED) is 0.603. The first-order valence-corrected chi connectivity index (χ1v) is 5.62. The summed E-state index contributed by atoms with van der Waals surface area (Å²) in [5, 5.41) is 11.2. The van der Waals surface area contributed by atoms with Crippen LogP contribution in [0.4, 0.5) is 5.69 Å². The molecule has 0 unspecified atom stereocenters. The lowest BCUT2D eigenvalue weighted by Gasteiger charge is -2.12. The van der Waals surface area contributed by atoms with Crippen LogP contribution in [-0.2, 0) is 9.47 Å². The Bertz CT molecular complexity index is 441. The molecular weight excluding hydrogens is 246 g/mol. The summed E-state index contributed by atoms with van der Waals surface area (Å²) in [6.45, 7) is 3.71. The second-order valence-corrected chi connectivity index (χ2v) is 4.35. The molecule has 0 spiro atoms. The fraction of sp³-hybridized carbons (Fsp3) is 0.455. The molecule has 0 aromatic heterocycles. The van der Waals surface area contributed by atoms with Gasteiger partial charge in [-0.1, -0.05) is 17.7 Å². The number of benzene rings is 1. The Balaban J connectivity index is 2.41. The van der Waals surface area contributed by atoms with E-state index in [1.807, 2.05) is 13.8 Å². The zero-order valence-corrected chi connectivity index (χ0v) is 10.2. The fourth-order valence-electron chi connectivity index (χ4n) is 1.70. The minimum atomic E-state index is -0.769. The summed E-state index contributed by atoms with van der Waals surface area (Å²) in [6.07, 6.45) is -0.999. The van der Waals surface area contributed by atoms with Crippen LogP contribution >= 0.6 is 11.6 Å². The van der Waals surface area contributed by atoms with Gasteiger partial charge >= 0.3 is 0 Å². The van der Waals surface area contributed by atoms with Crippen molar-refractivity contribution >= 4 is 17.3 Å². The highest BCUT2D eigenvalue weighted by atomic mass is 35.5. The molecule has 2 rings (SSSR count). The first kappa shape index (κ1) is 12.3. The number of halogens is 1. The largest absolute Gasteiger partial charge is 0.342 e. The smallest absolute Gasteiger partial charge is 0.279 e. The van der Waals surface area contributed by atoms with Crippen LogP contribution in [0.15, 0.2) is 18.2 Å². The molecule has 17 heavy (non-hydrogen) atoms. The lowest BCUT2D eigenvalue weighted by molar-refractivity contribution is -0.386. The number of rotatable bonds is 2. The Morgan fingerprint density at radius 2 is 1.88 bits per heavy atom. The summed E-state index contributed by atoms with van der Waals surface area (Å²) in [5.41, 5.74) is 0.208. The second kappa shape index (κ2) is 4.60. The van der Waals surface area contributed by atoms with Crippen LogP contribution in [-0.4, -0.2) is 17.1 Å². The van der Waals surface area contributed by atoms with E-state index < -0.39 is 11.2 Å². The van der Waals surface area contributed by atoms with E-state index in [0.29, 0.717) is 0 Å². The molecule has 0 radical (unpaired) electrons. The summed E-state index contributed by atoms with van der Waals surface area (Å²) < 4.78 is 11.0. The lowest BCUT2D eigenvalue weighted by Crippen LogP contribution is -2.13. The van der Waals surface area contributed by atoms with Crippen LogP contribution in [0.1, 0.15) is 25.7 Å². The van der Waals surface area contributed by atoms with Crippen molar-refractivity contribution < 1.29 is 14.4 Å². The molecule has 1 aliphatic rings. The SMILES string of the molecule is C[C@H]1OC(c2c(Cl)cccc2[N+](=O)[O-])O[C@@H]1C. The Labute approximate surface area is 103 Å². The van der Waals surface area contributed by atoms with Crippen LogP contribution in [0.3, 0.4) is 0 Å². The topological polar surface area (TPSA) is 61.6 Å². The minimum Gasteiger partial charge on any atom is -0.342 e. The summed E-state index contributed by atoms with van der Waals surface area (Å²) in [7, 11) is 0. The number of nitro benzene ring substituents is 1. The molecule has 92 valence electrons. The third-order valence-electron chi connectivity index (χ3n) is 2.80. The number of nitrogens with zero attached hydrogens (tertiary/aromatic N) is 1. The van der Waals surface area contributed by atoms with Crippen molar-refractivity contribution in [1.29, 1.82) is 0 Å². The van der Waals surface area contributed by atoms with Crippen molar-refractivity contribution in [3.63, 3.8) is 0 Å². The van der Waals surface area contributed by atoms with Gasteiger partial charge in [-0.25, -0.2) is 0 Å². The normalized spacial score (nSPS) is 25.1. The van der Waals surface area contributed by atoms with Crippen molar-refractivity contribution in [2.24, 2.45) is 0 Å². The van der Waals surface area contributed by atoms with E-state index in [0.717, 1.165) is 0 Å². The van der Waals surface area contributed by atoms with Gasteiger partial charge in [-0.3, -0.25) is 10.1 Å². The first-order valence-electron chi connectivity index (χ1n) is 5.24. The summed E-state index contributed by atoms with van der Waals surface area (Å²) in [5.74, 6) is 0. The number of hydrogen-bond donors (Lipinski definition) is 0. The molecule has 6 heteroatoms. The Morgan fingerprint density at radius 3 is 2.41 bits per heavy atom. The van der Waals surface area contributed by atoms with Gasteiger partial charge in [0.15, 0.2) is 6.29 Å². The number of hydrogen-bond acceptors (Lipinski definition) is 4. The van der Waals surface area contributed by atoms with E-state index >= 15 is 0 Å². The van der Waals surface area contributed by atoms with E-state index in [9.17, 15) is 10.1 Å². The molecule has 1 aliphatic heterocycles. The average Bonchev–Trinajstić information content (AvgIpc) is 2.58. The molecule has 1 saturated heterocycles. The molecule has 0 amide bonds. The number of nitro groups is 1.